The molecule has 0 bridgehead atoms. The summed E-state index contributed by atoms with van der Waals surface area (Å²) in [5.41, 5.74) is 3.15. The van der Waals surface area contributed by atoms with Gasteiger partial charge in [0.05, 0.1) is 0 Å². The molecule has 0 radical (unpaired) electrons. The lowest BCUT2D eigenvalue weighted by Gasteiger charge is -2.18. The Kier molecular flexibility index (Phi) is 2.18. The zero-order valence-electron chi connectivity index (χ0n) is 9.59. The van der Waals surface area contributed by atoms with Gasteiger partial charge in [-0.1, -0.05) is 26.8 Å². The molecule has 1 aromatic carbocycles. The molecule has 1 N–H and O–H groups in total. The number of hydrogen-bond acceptors (Lipinski definition) is 3. The Morgan fingerprint density at radius 3 is 2.60 bits per heavy atom. The highest BCUT2D eigenvalue weighted by molar-refractivity contribution is 5.75. The van der Waals surface area contributed by atoms with Gasteiger partial charge in [-0.05, 0) is 23.1 Å². The Hall–Kier alpha value is -1.51. The number of aromatic nitrogens is 1. The second-order valence-electron chi connectivity index (χ2n) is 4.70. The van der Waals surface area contributed by atoms with Gasteiger partial charge < -0.3 is 9.73 Å². The topological polar surface area (TPSA) is 38.1 Å². The smallest absolute Gasteiger partial charge is 0.295 e. The second kappa shape index (κ2) is 3.26. The maximum Gasteiger partial charge on any atom is 0.295 e. The Balaban J connectivity index is 2.55. The molecular formula is C12H16N2O. The van der Waals surface area contributed by atoms with Crippen LogP contribution in [0, 0.1) is 0 Å². The molecule has 0 fully saturated rings. The van der Waals surface area contributed by atoms with E-state index in [2.05, 4.69) is 43.2 Å². The number of anilines is 1. The summed E-state index contributed by atoms with van der Waals surface area (Å²) < 4.78 is 5.46. The molecular weight excluding hydrogens is 188 g/mol. The fourth-order valence-corrected chi connectivity index (χ4v) is 1.50. The summed E-state index contributed by atoms with van der Waals surface area (Å²) in [6.07, 6.45) is 0. The lowest BCUT2D eigenvalue weighted by Crippen LogP contribution is -2.10. The Labute approximate surface area is 89.5 Å². The third kappa shape index (κ3) is 1.82. The van der Waals surface area contributed by atoms with Crippen molar-refractivity contribution in [3.05, 3.63) is 23.8 Å². The van der Waals surface area contributed by atoms with Crippen molar-refractivity contribution >= 4 is 17.1 Å². The lowest BCUT2D eigenvalue weighted by molar-refractivity contribution is 0.590. The summed E-state index contributed by atoms with van der Waals surface area (Å²) in [5.74, 6) is 0. The molecule has 0 saturated heterocycles. The average molecular weight is 204 g/mol. The van der Waals surface area contributed by atoms with Gasteiger partial charge in [-0.3, -0.25) is 0 Å². The van der Waals surface area contributed by atoms with Crippen LogP contribution >= 0.6 is 0 Å². The van der Waals surface area contributed by atoms with Gasteiger partial charge in [-0.25, -0.2) is 0 Å². The first kappa shape index (κ1) is 10.0. The number of nitrogens with one attached hydrogen (secondary N) is 1. The molecule has 0 aliphatic rings. The standard InChI is InChI=1S/C12H16N2O/c1-12(2,3)8-5-6-10-9(7-8)14-11(13-4)15-10/h5-7H,1-4H3,(H,13,14). The van der Waals surface area contributed by atoms with E-state index in [4.69, 9.17) is 4.42 Å². The third-order valence-corrected chi connectivity index (χ3v) is 2.47. The minimum absolute atomic E-state index is 0.146. The van der Waals surface area contributed by atoms with Crippen molar-refractivity contribution in [1.82, 2.24) is 4.98 Å². The van der Waals surface area contributed by atoms with E-state index in [1.807, 2.05) is 6.07 Å². The largest absolute Gasteiger partial charge is 0.424 e. The Bertz CT molecular complexity index is 480. The maximum absolute atomic E-state index is 5.46. The maximum atomic E-state index is 5.46. The third-order valence-electron chi connectivity index (χ3n) is 2.47. The number of oxazole rings is 1. The minimum Gasteiger partial charge on any atom is -0.424 e. The predicted octanol–water partition coefficient (Wildman–Crippen LogP) is 3.17. The van der Waals surface area contributed by atoms with E-state index >= 15 is 0 Å². The molecule has 2 aromatic rings. The van der Waals surface area contributed by atoms with Crippen molar-refractivity contribution in [2.75, 3.05) is 12.4 Å². The monoisotopic (exact) mass is 204 g/mol. The molecule has 3 heteroatoms. The van der Waals surface area contributed by atoms with Gasteiger partial charge in [0.2, 0.25) is 0 Å². The van der Waals surface area contributed by atoms with Crippen molar-refractivity contribution < 1.29 is 4.42 Å². The van der Waals surface area contributed by atoms with Gasteiger partial charge in [-0.2, -0.15) is 4.98 Å². The van der Waals surface area contributed by atoms with Gasteiger partial charge in [-0.15, -0.1) is 0 Å². The molecule has 3 nitrogen and oxygen atoms in total. The fraction of sp³-hybridized carbons (Fsp3) is 0.417. The first-order valence-corrected chi connectivity index (χ1v) is 5.09. The minimum atomic E-state index is 0.146. The second-order valence-corrected chi connectivity index (χ2v) is 4.70. The first-order valence-electron chi connectivity index (χ1n) is 5.09. The molecule has 1 heterocycles. The van der Waals surface area contributed by atoms with Crippen molar-refractivity contribution in [3.8, 4) is 0 Å². The van der Waals surface area contributed by atoms with E-state index in [1.165, 1.54) is 5.56 Å². The summed E-state index contributed by atoms with van der Waals surface area (Å²) in [5, 5.41) is 2.90. The molecule has 80 valence electrons. The molecule has 0 amide bonds. The van der Waals surface area contributed by atoms with E-state index in [9.17, 15) is 0 Å². The van der Waals surface area contributed by atoms with Crippen LogP contribution in [0.1, 0.15) is 26.3 Å². The van der Waals surface area contributed by atoms with Crippen LogP contribution in [0.2, 0.25) is 0 Å². The zero-order chi connectivity index (χ0) is 11.1. The highest BCUT2D eigenvalue weighted by Gasteiger charge is 2.15. The van der Waals surface area contributed by atoms with Gasteiger partial charge >= 0.3 is 0 Å². The number of nitrogens with zero attached hydrogens (tertiary/aromatic N) is 1. The van der Waals surface area contributed by atoms with E-state index in [-0.39, 0.29) is 5.41 Å². The van der Waals surface area contributed by atoms with Gasteiger partial charge in [0, 0.05) is 7.05 Å². The van der Waals surface area contributed by atoms with Crippen LogP contribution in [-0.2, 0) is 5.41 Å². The van der Waals surface area contributed by atoms with E-state index < -0.39 is 0 Å². The van der Waals surface area contributed by atoms with Gasteiger partial charge in [0.15, 0.2) is 5.58 Å². The molecule has 0 atom stereocenters. The molecule has 0 aliphatic carbocycles. The highest BCUT2D eigenvalue weighted by Crippen LogP contribution is 2.27. The molecule has 0 unspecified atom stereocenters. The Morgan fingerprint density at radius 1 is 1.27 bits per heavy atom. The van der Waals surface area contributed by atoms with Crippen LogP contribution in [0.3, 0.4) is 0 Å². The van der Waals surface area contributed by atoms with Crippen molar-refractivity contribution in [1.29, 1.82) is 0 Å². The summed E-state index contributed by atoms with van der Waals surface area (Å²) in [4.78, 5) is 4.33. The molecule has 2 rings (SSSR count). The molecule has 0 saturated carbocycles. The SMILES string of the molecule is CNc1nc2cc(C(C)(C)C)ccc2o1. The quantitative estimate of drug-likeness (QED) is 0.775. The Morgan fingerprint density at radius 2 is 2.00 bits per heavy atom. The van der Waals surface area contributed by atoms with Gasteiger partial charge in [0.25, 0.3) is 6.01 Å². The van der Waals surface area contributed by atoms with Crippen molar-refractivity contribution in [3.63, 3.8) is 0 Å². The molecule has 0 aliphatic heterocycles. The van der Waals surface area contributed by atoms with Crippen LogP contribution in [0.25, 0.3) is 11.1 Å². The highest BCUT2D eigenvalue weighted by atomic mass is 16.4. The zero-order valence-corrected chi connectivity index (χ0v) is 9.59. The van der Waals surface area contributed by atoms with Crippen LogP contribution in [0.5, 0.6) is 0 Å². The normalized spacial score (nSPS) is 12.0. The average Bonchev–Trinajstić information content (AvgIpc) is 2.57. The molecule has 1 aromatic heterocycles. The predicted molar refractivity (Wildman–Crippen MR) is 62.3 cm³/mol. The summed E-state index contributed by atoms with van der Waals surface area (Å²) in [6, 6.07) is 6.71. The number of rotatable bonds is 1. The van der Waals surface area contributed by atoms with E-state index in [1.54, 1.807) is 7.05 Å². The van der Waals surface area contributed by atoms with Gasteiger partial charge in [0.1, 0.15) is 5.52 Å². The summed E-state index contributed by atoms with van der Waals surface area (Å²) in [7, 11) is 1.80. The summed E-state index contributed by atoms with van der Waals surface area (Å²) in [6.45, 7) is 6.56. The number of fused-ring (bicyclic) bond motifs is 1. The fourth-order valence-electron chi connectivity index (χ4n) is 1.50. The first-order chi connectivity index (χ1) is 7.00. The number of benzene rings is 1. The van der Waals surface area contributed by atoms with E-state index in [0.29, 0.717) is 6.01 Å². The van der Waals surface area contributed by atoms with Crippen LogP contribution in [0.4, 0.5) is 6.01 Å². The van der Waals surface area contributed by atoms with Crippen LogP contribution in [0.15, 0.2) is 22.6 Å². The molecule has 15 heavy (non-hydrogen) atoms. The van der Waals surface area contributed by atoms with E-state index in [0.717, 1.165) is 11.1 Å². The summed E-state index contributed by atoms with van der Waals surface area (Å²) >= 11 is 0. The van der Waals surface area contributed by atoms with Crippen LogP contribution < -0.4 is 5.32 Å². The molecule has 0 spiro atoms. The number of hydrogen-bond donors (Lipinski definition) is 1. The van der Waals surface area contributed by atoms with Crippen LogP contribution in [-0.4, -0.2) is 12.0 Å². The van der Waals surface area contributed by atoms with Crippen molar-refractivity contribution in [2.24, 2.45) is 0 Å². The van der Waals surface area contributed by atoms with Crippen molar-refractivity contribution in [2.45, 2.75) is 26.2 Å². The lowest BCUT2D eigenvalue weighted by atomic mass is 9.87.